The smallest absolute Gasteiger partial charge is 0.435 e. The number of primary amides is 1. The van der Waals surface area contributed by atoms with E-state index in [2.05, 4.69) is 15.3 Å². The molecule has 1 saturated heterocycles. The lowest BCUT2D eigenvalue weighted by atomic mass is 10.1. The average Bonchev–Trinajstić information content (AvgIpc) is 3.39. The molecule has 1 aliphatic heterocycles. The number of carbonyl (C=O) groups excluding carboxylic acids is 2. The van der Waals surface area contributed by atoms with E-state index in [9.17, 15) is 27.9 Å². The number of carbonyl (C=O) groups is 2. The van der Waals surface area contributed by atoms with Gasteiger partial charge < -0.3 is 20.9 Å². The molecule has 1 atom stereocenters. The first-order valence-corrected chi connectivity index (χ1v) is 13.6. The second-order valence-corrected chi connectivity index (χ2v) is 10.3. The van der Waals surface area contributed by atoms with Crippen LogP contribution in [0.4, 0.5) is 13.2 Å². The van der Waals surface area contributed by atoms with Gasteiger partial charge in [0.25, 0.3) is 11.8 Å². The average molecular weight is 597 g/mol. The van der Waals surface area contributed by atoms with Crippen molar-refractivity contribution in [3.63, 3.8) is 0 Å². The minimum Gasteiger partial charge on any atom is -0.489 e. The summed E-state index contributed by atoms with van der Waals surface area (Å²) in [6.07, 6.45) is -3.23. The van der Waals surface area contributed by atoms with Crippen LogP contribution in [0.2, 0.25) is 0 Å². The van der Waals surface area contributed by atoms with Crippen molar-refractivity contribution in [3.05, 3.63) is 101 Å². The fourth-order valence-electron chi connectivity index (χ4n) is 5.06. The number of aliphatic hydroxyl groups is 1. The molecule has 0 saturated carbocycles. The molecular formula is C30H31F3N6O4. The molecule has 0 unspecified atom stereocenters. The van der Waals surface area contributed by atoms with Gasteiger partial charge in [0.15, 0.2) is 5.69 Å². The maximum Gasteiger partial charge on any atom is 0.435 e. The molecule has 43 heavy (non-hydrogen) atoms. The lowest BCUT2D eigenvalue weighted by Crippen LogP contribution is -2.66. The van der Waals surface area contributed by atoms with Crippen molar-refractivity contribution in [2.75, 3.05) is 32.7 Å². The Balaban J connectivity index is 1.17. The lowest BCUT2D eigenvalue weighted by molar-refractivity contribution is -0.163. The van der Waals surface area contributed by atoms with Gasteiger partial charge in [0, 0.05) is 50.0 Å². The zero-order valence-electron chi connectivity index (χ0n) is 23.1. The zero-order chi connectivity index (χ0) is 30.6. The Hall–Kier alpha value is -4.46. The van der Waals surface area contributed by atoms with Gasteiger partial charge in [0.05, 0.1) is 12.1 Å². The number of hydrogen-bond acceptors (Lipinski definition) is 7. The summed E-state index contributed by atoms with van der Waals surface area (Å²) in [6.45, 7) is 1.86. The van der Waals surface area contributed by atoms with Gasteiger partial charge >= 0.3 is 6.18 Å². The first kappa shape index (κ1) is 30.0. The van der Waals surface area contributed by atoms with E-state index in [1.54, 1.807) is 17.0 Å². The Kier molecular flexibility index (Phi) is 8.67. The monoisotopic (exact) mass is 596 g/mol. The third-order valence-electron chi connectivity index (χ3n) is 7.44. The first-order chi connectivity index (χ1) is 20.5. The number of benzene rings is 2. The highest BCUT2D eigenvalue weighted by Gasteiger charge is 2.42. The minimum atomic E-state index is -4.66. The Morgan fingerprint density at radius 2 is 1.63 bits per heavy atom. The third kappa shape index (κ3) is 6.79. The number of alkyl halides is 3. The molecule has 2 aromatic carbocycles. The maximum absolute atomic E-state index is 13.5. The third-order valence-corrected chi connectivity index (χ3v) is 7.44. The predicted molar refractivity (Wildman–Crippen MR) is 151 cm³/mol. The van der Waals surface area contributed by atoms with Crippen LogP contribution >= 0.6 is 0 Å². The number of pyridine rings is 1. The fraction of sp³-hybridized carbons (Fsp3) is 0.300. The summed E-state index contributed by atoms with van der Waals surface area (Å²) >= 11 is 0. The van der Waals surface area contributed by atoms with Gasteiger partial charge in [0.1, 0.15) is 12.4 Å². The number of nitrogens with two attached hydrogens (primary N) is 1. The molecule has 1 aliphatic rings. The second-order valence-electron chi connectivity index (χ2n) is 10.3. The van der Waals surface area contributed by atoms with Crippen LogP contribution in [0, 0.1) is 0 Å². The van der Waals surface area contributed by atoms with E-state index in [1.807, 2.05) is 30.3 Å². The molecule has 4 aromatic rings. The molecule has 2 amide bonds. The van der Waals surface area contributed by atoms with E-state index < -0.39 is 42.6 Å². The van der Waals surface area contributed by atoms with E-state index >= 15 is 0 Å². The number of hydrogen-bond donors (Lipinski definition) is 3. The van der Waals surface area contributed by atoms with Crippen molar-refractivity contribution in [1.29, 1.82) is 0 Å². The van der Waals surface area contributed by atoms with Gasteiger partial charge in [-0.05, 0) is 42.0 Å². The van der Waals surface area contributed by atoms with E-state index in [0.717, 1.165) is 16.6 Å². The summed E-state index contributed by atoms with van der Waals surface area (Å²) in [5.74, 6) is -1.31. The number of amides is 2. The highest BCUT2D eigenvalue weighted by Crippen LogP contribution is 2.33. The van der Waals surface area contributed by atoms with E-state index in [1.165, 1.54) is 36.5 Å². The van der Waals surface area contributed by atoms with Crippen LogP contribution < -0.4 is 15.8 Å². The standard InChI is InChI=1S/C30H31F3N6O4/c31-30(32,33)26-24(25-8-4-5-13-39(25)36-26)19-43-23-11-9-22(10-12-23)27(40)35-20-29(42,28(34)41)38-16-14-37(15-17-38)18-21-6-2-1-3-7-21/h1-13,42H,14-20H2,(H2,34,41)(H,35,40)/t29-/m0/s1. The summed E-state index contributed by atoms with van der Waals surface area (Å²) in [4.78, 5) is 28.9. The molecule has 2 aromatic heterocycles. The molecule has 10 nitrogen and oxygen atoms in total. The number of rotatable bonds is 10. The van der Waals surface area contributed by atoms with Gasteiger partial charge in [-0.1, -0.05) is 36.4 Å². The van der Waals surface area contributed by atoms with Crippen molar-refractivity contribution in [3.8, 4) is 5.75 Å². The Bertz CT molecular complexity index is 1570. The van der Waals surface area contributed by atoms with Crippen LogP contribution in [-0.2, 0) is 24.1 Å². The van der Waals surface area contributed by atoms with Crippen LogP contribution in [0.25, 0.3) is 5.52 Å². The predicted octanol–water partition coefficient (Wildman–Crippen LogP) is 2.65. The fourth-order valence-corrected chi connectivity index (χ4v) is 5.06. The maximum atomic E-state index is 13.5. The number of nitrogens with zero attached hydrogens (tertiary/aromatic N) is 4. The largest absolute Gasteiger partial charge is 0.489 e. The summed E-state index contributed by atoms with van der Waals surface area (Å²) < 4.78 is 47.4. The molecule has 4 N–H and O–H groups in total. The molecule has 226 valence electrons. The van der Waals surface area contributed by atoms with Gasteiger partial charge in [-0.3, -0.25) is 19.4 Å². The van der Waals surface area contributed by atoms with Gasteiger partial charge in [0.2, 0.25) is 5.72 Å². The molecular weight excluding hydrogens is 565 g/mol. The summed E-state index contributed by atoms with van der Waals surface area (Å²) in [7, 11) is 0. The van der Waals surface area contributed by atoms with Gasteiger partial charge in [-0.25, -0.2) is 4.52 Å². The molecule has 0 radical (unpaired) electrons. The van der Waals surface area contributed by atoms with Crippen molar-refractivity contribution in [1.82, 2.24) is 24.7 Å². The Labute approximate surface area is 245 Å². The van der Waals surface area contributed by atoms with Crippen molar-refractivity contribution in [2.24, 2.45) is 5.73 Å². The van der Waals surface area contributed by atoms with Gasteiger partial charge in [-0.2, -0.15) is 18.3 Å². The number of fused-ring (bicyclic) bond motifs is 1. The number of aromatic nitrogens is 2. The minimum absolute atomic E-state index is 0.110. The highest BCUT2D eigenvalue weighted by atomic mass is 19.4. The molecule has 13 heteroatoms. The highest BCUT2D eigenvalue weighted by molar-refractivity contribution is 5.95. The molecule has 1 fully saturated rings. The van der Waals surface area contributed by atoms with E-state index in [0.29, 0.717) is 26.2 Å². The Morgan fingerprint density at radius 3 is 2.28 bits per heavy atom. The topological polar surface area (TPSA) is 125 Å². The van der Waals surface area contributed by atoms with Crippen LogP contribution in [0.5, 0.6) is 5.75 Å². The van der Waals surface area contributed by atoms with Crippen molar-refractivity contribution >= 4 is 17.3 Å². The van der Waals surface area contributed by atoms with Crippen LogP contribution in [0.1, 0.15) is 27.2 Å². The van der Waals surface area contributed by atoms with Crippen molar-refractivity contribution in [2.45, 2.75) is 25.1 Å². The summed E-state index contributed by atoms with van der Waals surface area (Å²) in [6, 6.07) is 20.4. The molecule has 3 heterocycles. The summed E-state index contributed by atoms with van der Waals surface area (Å²) in [5.41, 5.74) is 3.96. The quantitative estimate of drug-likeness (QED) is 0.257. The molecule has 0 bridgehead atoms. The normalized spacial score (nSPS) is 16.1. The van der Waals surface area contributed by atoms with Crippen molar-refractivity contribution < 1.29 is 32.6 Å². The van der Waals surface area contributed by atoms with Gasteiger partial charge in [-0.15, -0.1) is 0 Å². The number of piperazine rings is 1. The molecule has 0 spiro atoms. The number of ether oxygens (including phenoxy) is 1. The van der Waals surface area contributed by atoms with E-state index in [-0.39, 0.29) is 22.4 Å². The number of halogens is 3. The SMILES string of the molecule is NC(=O)[C@@](O)(CNC(=O)c1ccc(OCc2c(C(F)(F)F)nn3ccccc23)cc1)N1CCN(Cc2ccccc2)CC1. The lowest BCUT2D eigenvalue weighted by Gasteiger charge is -2.42. The van der Waals surface area contributed by atoms with Crippen LogP contribution in [-0.4, -0.2) is 74.8 Å². The number of nitrogens with one attached hydrogen (secondary N) is 1. The van der Waals surface area contributed by atoms with Crippen LogP contribution in [0.3, 0.4) is 0 Å². The summed E-state index contributed by atoms with van der Waals surface area (Å²) in [5, 5.41) is 17.4. The zero-order valence-corrected chi connectivity index (χ0v) is 23.1. The Morgan fingerprint density at radius 1 is 0.953 bits per heavy atom. The van der Waals surface area contributed by atoms with E-state index in [4.69, 9.17) is 10.5 Å². The second kappa shape index (κ2) is 12.4. The molecule has 0 aliphatic carbocycles. The molecule has 5 rings (SSSR count). The first-order valence-electron chi connectivity index (χ1n) is 13.6. The van der Waals surface area contributed by atoms with Crippen LogP contribution in [0.15, 0.2) is 79.0 Å².